The van der Waals surface area contributed by atoms with Crippen LogP contribution in [0, 0.1) is 5.82 Å². The number of hydrogen-bond acceptors (Lipinski definition) is 9. The number of rotatable bonds is 6. The van der Waals surface area contributed by atoms with E-state index in [-0.39, 0.29) is 18.0 Å². The molecule has 11 nitrogen and oxygen atoms in total. The molecule has 0 unspecified atom stereocenters. The first-order chi connectivity index (χ1) is 20.6. The Hall–Kier alpha value is -4.32. The average molecular weight is 572 g/mol. The van der Waals surface area contributed by atoms with Crippen molar-refractivity contribution in [3.05, 3.63) is 48.7 Å². The number of fused-ring (bicyclic) bond motifs is 2. The summed E-state index contributed by atoms with van der Waals surface area (Å²) in [5, 5.41) is 10.4. The molecule has 0 spiro atoms. The molecule has 4 aromatic rings. The van der Waals surface area contributed by atoms with Gasteiger partial charge in [-0.05, 0) is 43.5 Å². The highest BCUT2D eigenvalue weighted by atomic mass is 19.1. The van der Waals surface area contributed by atoms with Crippen LogP contribution in [-0.4, -0.2) is 69.4 Å². The summed E-state index contributed by atoms with van der Waals surface area (Å²) in [6.07, 6.45) is 11.1. The van der Waals surface area contributed by atoms with Crippen LogP contribution in [0.15, 0.2) is 42.9 Å². The number of H-pyrrole nitrogens is 1. The number of aromatic nitrogens is 5. The summed E-state index contributed by atoms with van der Waals surface area (Å²) in [6.45, 7) is 4.96. The van der Waals surface area contributed by atoms with Gasteiger partial charge in [0.1, 0.15) is 23.1 Å². The maximum atomic E-state index is 14.7. The highest BCUT2D eigenvalue weighted by Gasteiger charge is 2.43. The van der Waals surface area contributed by atoms with Crippen molar-refractivity contribution in [3.63, 3.8) is 0 Å². The zero-order valence-corrected chi connectivity index (χ0v) is 23.6. The summed E-state index contributed by atoms with van der Waals surface area (Å²) in [4.78, 5) is 34.6. The van der Waals surface area contributed by atoms with Gasteiger partial charge in [-0.2, -0.15) is 10.1 Å². The molecule has 1 saturated heterocycles. The van der Waals surface area contributed by atoms with Gasteiger partial charge in [-0.1, -0.05) is 26.2 Å². The Kier molecular flexibility index (Phi) is 7.06. The molecule has 2 aliphatic heterocycles. The molecule has 5 heterocycles. The van der Waals surface area contributed by atoms with Crippen molar-refractivity contribution in [1.82, 2.24) is 25.1 Å². The smallest absolute Gasteiger partial charge is 0.254 e. The molecule has 2 N–H and O–H groups in total. The van der Waals surface area contributed by atoms with Crippen molar-refractivity contribution in [3.8, 4) is 0 Å². The molecule has 12 heteroatoms. The molecular weight excluding hydrogens is 537 g/mol. The van der Waals surface area contributed by atoms with E-state index in [9.17, 15) is 9.18 Å². The lowest BCUT2D eigenvalue weighted by Crippen LogP contribution is -2.56. The number of ether oxygens (including phenoxy) is 1. The van der Waals surface area contributed by atoms with Gasteiger partial charge in [-0.15, -0.1) is 0 Å². The Morgan fingerprint density at radius 3 is 2.67 bits per heavy atom. The first-order valence-electron chi connectivity index (χ1n) is 14.8. The largest absolute Gasteiger partial charge is 0.378 e. The second-order valence-corrected chi connectivity index (χ2v) is 11.1. The molecule has 218 valence electrons. The first-order valence-corrected chi connectivity index (χ1v) is 14.8. The van der Waals surface area contributed by atoms with Gasteiger partial charge in [0, 0.05) is 30.2 Å². The summed E-state index contributed by atoms with van der Waals surface area (Å²) in [5.41, 5.74) is 2.17. The Morgan fingerprint density at radius 1 is 1.07 bits per heavy atom. The molecule has 0 bridgehead atoms. The van der Waals surface area contributed by atoms with Crippen molar-refractivity contribution in [2.75, 3.05) is 46.3 Å². The monoisotopic (exact) mass is 571 g/mol. The van der Waals surface area contributed by atoms with Gasteiger partial charge < -0.3 is 19.9 Å². The number of halogens is 1. The molecule has 7 rings (SSSR count). The molecule has 42 heavy (non-hydrogen) atoms. The zero-order chi connectivity index (χ0) is 28.6. The van der Waals surface area contributed by atoms with Crippen LogP contribution in [0.4, 0.5) is 39.0 Å². The minimum Gasteiger partial charge on any atom is -0.378 e. The molecule has 3 aliphatic rings. The third kappa shape index (κ3) is 4.79. The highest BCUT2D eigenvalue weighted by molar-refractivity contribution is 6.10. The maximum absolute atomic E-state index is 14.7. The van der Waals surface area contributed by atoms with Crippen molar-refractivity contribution in [2.45, 2.75) is 57.5 Å². The van der Waals surface area contributed by atoms with Crippen molar-refractivity contribution < 1.29 is 13.9 Å². The highest BCUT2D eigenvalue weighted by Crippen LogP contribution is 2.43. The quantitative estimate of drug-likeness (QED) is 0.328. The summed E-state index contributed by atoms with van der Waals surface area (Å²) in [6, 6.07) is 6.93. The van der Waals surface area contributed by atoms with Gasteiger partial charge >= 0.3 is 0 Å². The minimum absolute atomic E-state index is 0.00622. The fourth-order valence-electron chi connectivity index (χ4n) is 6.44. The summed E-state index contributed by atoms with van der Waals surface area (Å²) in [5.74, 6) is 1.48. The Balaban J connectivity index is 1.28. The van der Waals surface area contributed by atoms with Gasteiger partial charge in [0.05, 0.1) is 37.5 Å². The van der Waals surface area contributed by atoms with Gasteiger partial charge in [0.15, 0.2) is 11.6 Å². The molecule has 1 aliphatic carbocycles. The van der Waals surface area contributed by atoms with Crippen molar-refractivity contribution in [2.24, 2.45) is 0 Å². The van der Waals surface area contributed by atoms with Gasteiger partial charge in [0.2, 0.25) is 5.95 Å². The summed E-state index contributed by atoms with van der Waals surface area (Å²) < 4.78 is 20.1. The number of anilines is 6. The lowest BCUT2D eigenvalue weighted by atomic mass is 9.91. The molecule has 3 aromatic heterocycles. The van der Waals surface area contributed by atoms with E-state index in [1.54, 1.807) is 29.6 Å². The van der Waals surface area contributed by atoms with E-state index in [0.717, 1.165) is 44.6 Å². The number of aromatic amines is 1. The minimum atomic E-state index is -0.412. The second kappa shape index (κ2) is 11.2. The van der Waals surface area contributed by atoms with Crippen molar-refractivity contribution in [1.29, 1.82) is 0 Å². The molecule has 0 radical (unpaired) electrons. The molecule has 1 amide bonds. The van der Waals surface area contributed by atoms with Crippen molar-refractivity contribution >= 4 is 51.5 Å². The predicted octanol–water partition coefficient (Wildman–Crippen LogP) is 5.06. The van der Waals surface area contributed by atoms with Crippen LogP contribution in [0.3, 0.4) is 0 Å². The van der Waals surface area contributed by atoms with E-state index in [1.807, 2.05) is 19.1 Å². The lowest BCUT2D eigenvalue weighted by molar-refractivity contribution is -0.119. The average Bonchev–Trinajstić information content (AvgIpc) is 3.51. The SMILES string of the molecule is CC[C@@H]1C(=O)N(c2ccc(N3CCOCC3)nc2)c2cnc(Nc3cc(F)c4[nH]ncc4c3)nc2N1C1CCCCC1. The van der Waals surface area contributed by atoms with Crippen LogP contribution >= 0.6 is 0 Å². The van der Waals surface area contributed by atoms with E-state index in [2.05, 4.69) is 30.3 Å². The van der Waals surface area contributed by atoms with Crippen LogP contribution < -0.4 is 20.0 Å². The zero-order valence-electron chi connectivity index (χ0n) is 23.6. The standard InChI is InChI=1S/C30H34FN9O2/c1-2-24-29(41)40(22-8-9-26(32-17-22)38-10-12-42-13-11-38)25-18-33-30(36-28(25)39(24)21-6-4-3-5-7-21)35-20-14-19-16-34-37-27(19)23(31)15-20/h8-9,14-18,21,24H,2-7,10-13H2,1H3,(H,34,37)(H,33,35,36)/t24-/m1/s1. The fraction of sp³-hybridized carbons (Fsp3) is 0.433. The number of morpholine rings is 1. The molecular formula is C30H34FN9O2. The predicted molar refractivity (Wildman–Crippen MR) is 159 cm³/mol. The molecule has 1 atom stereocenters. The van der Waals surface area contributed by atoms with E-state index >= 15 is 0 Å². The first kappa shape index (κ1) is 26.6. The number of carbonyl (C=O) groups excluding carboxylic acids is 1. The van der Waals surface area contributed by atoms with E-state index in [4.69, 9.17) is 14.7 Å². The van der Waals surface area contributed by atoms with Crippen LogP contribution in [0.5, 0.6) is 0 Å². The third-order valence-corrected chi connectivity index (χ3v) is 8.51. The number of amides is 1. The van der Waals surface area contributed by atoms with Gasteiger partial charge in [-0.3, -0.25) is 14.8 Å². The van der Waals surface area contributed by atoms with Crippen LogP contribution in [0.25, 0.3) is 10.9 Å². The lowest BCUT2D eigenvalue weighted by Gasteiger charge is -2.46. The Bertz CT molecular complexity index is 1580. The molecule has 1 saturated carbocycles. The molecule has 2 fully saturated rings. The van der Waals surface area contributed by atoms with Crippen LogP contribution in [-0.2, 0) is 9.53 Å². The summed E-state index contributed by atoms with van der Waals surface area (Å²) >= 11 is 0. The number of nitrogens with one attached hydrogen (secondary N) is 2. The van der Waals surface area contributed by atoms with E-state index < -0.39 is 5.82 Å². The maximum Gasteiger partial charge on any atom is 0.254 e. The summed E-state index contributed by atoms with van der Waals surface area (Å²) in [7, 11) is 0. The topological polar surface area (TPSA) is 115 Å². The second-order valence-electron chi connectivity index (χ2n) is 11.1. The number of carbonyl (C=O) groups is 1. The van der Waals surface area contributed by atoms with E-state index in [0.29, 0.717) is 59.4 Å². The third-order valence-electron chi connectivity index (χ3n) is 8.51. The van der Waals surface area contributed by atoms with Crippen LogP contribution in [0.2, 0.25) is 0 Å². The van der Waals surface area contributed by atoms with E-state index in [1.165, 1.54) is 12.5 Å². The number of benzene rings is 1. The van der Waals surface area contributed by atoms with Crippen LogP contribution in [0.1, 0.15) is 45.4 Å². The molecule has 1 aromatic carbocycles. The number of hydrogen-bond donors (Lipinski definition) is 2. The Morgan fingerprint density at radius 2 is 1.90 bits per heavy atom. The number of nitrogens with zero attached hydrogens (tertiary/aromatic N) is 7. The van der Waals surface area contributed by atoms with Gasteiger partial charge in [-0.25, -0.2) is 14.4 Å². The van der Waals surface area contributed by atoms with Gasteiger partial charge in [0.25, 0.3) is 5.91 Å². The normalized spacial score (nSPS) is 19.8. The number of pyridine rings is 1. The Labute approximate surface area is 243 Å². The fourth-order valence-corrected chi connectivity index (χ4v) is 6.44.